The Hall–Kier alpha value is -5.15. The second kappa shape index (κ2) is 14.5. The second-order valence-corrected chi connectivity index (χ2v) is 9.13. The van der Waals surface area contributed by atoms with Gasteiger partial charge in [0.1, 0.15) is 5.75 Å². The number of hydrogen-bond donors (Lipinski definition) is 2. The highest BCUT2D eigenvalue weighted by Crippen LogP contribution is 2.29. The second-order valence-electron chi connectivity index (χ2n) is 8.70. The number of nitrogens with zero attached hydrogens (tertiary/aromatic N) is 1. The molecule has 0 radical (unpaired) electrons. The number of esters is 1. The molecule has 10 heteroatoms. The quantitative estimate of drug-likeness (QED) is 0.0914. The molecule has 0 saturated heterocycles. The van der Waals surface area contributed by atoms with Crippen LogP contribution in [0.4, 0.5) is 5.69 Å². The maximum Gasteiger partial charge on any atom is 0.343 e. The van der Waals surface area contributed by atoms with Gasteiger partial charge in [0.05, 0.1) is 25.0 Å². The third-order valence-electron chi connectivity index (χ3n) is 5.76. The summed E-state index contributed by atoms with van der Waals surface area (Å²) < 4.78 is 16.7. The van der Waals surface area contributed by atoms with Crippen molar-refractivity contribution in [1.29, 1.82) is 0 Å². The Morgan fingerprint density at radius 1 is 0.738 bits per heavy atom. The first-order valence-corrected chi connectivity index (χ1v) is 13.5. The number of anilines is 1. The van der Waals surface area contributed by atoms with Crippen LogP contribution < -0.4 is 25.0 Å². The van der Waals surface area contributed by atoms with Gasteiger partial charge >= 0.3 is 5.97 Å². The summed E-state index contributed by atoms with van der Waals surface area (Å²) in [6, 6.07) is 24.4. The van der Waals surface area contributed by atoms with Gasteiger partial charge in [-0.3, -0.25) is 9.59 Å². The first-order valence-electron chi connectivity index (χ1n) is 13.1. The van der Waals surface area contributed by atoms with Gasteiger partial charge in [0.25, 0.3) is 11.8 Å². The van der Waals surface area contributed by atoms with Crippen molar-refractivity contribution in [2.75, 3.05) is 18.5 Å². The fraction of sp³-hybridized carbons (Fsp3) is 0.125. The predicted molar refractivity (Wildman–Crippen MR) is 161 cm³/mol. The number of halogens is 1. The minimum Gasteiger partial charge on any atom is -0.490 e. The smallest absolute Gasteiger partial charge is 0.343 e. The molecule has 2 N–H and O–H groups in total. The van der Waals surface area contributed by atoms with E-state index in [0.29, 0.717) is 52.1 Å². The van der Waals surface area contributed by atoms with E-state index >= 15 is 0 Å². The molecule has 4 rings (SSSR count). The number of amides is 2. The van der Waals surface area contributed by atoms with Crippen LogP contribution in [0.2, 0.25) is 5.02 Å². The van der Waals surface area contributed by atoms with E-state index in [9.17, 15) is 14.4 Å². The van der Waals surface area contributed by atoms with E-state index in [1.165, 1.54) is 12.3 Å². The first kappa shape index (κ1) is 29.8. The number of carbonyl (C=O) groups excluding carboxylic acids is 3. The summed E-state index contributed by atoms with van der Waals surface area (Å²) in [5.41, 5.74) is 4.33. The minimum absolute atomic E-state index is 0.266. The van der Waals surface area contributed by atoms with Crippen molar-refractivity contribution < 1.29 is 28.6 Å². The molecule has 9 nitrogen and oxygen atoms in total. The van der Waals surface area contributed by atoms with Gasteiger partial charge in [-0.05, 0) is 86.6 Å². The number of rotatable bonds is 11. The molecule has 0 unspecified atom stereocenters. The molecule has 42 heavy (non-hydrogen) atoms. The molecule has 0 bridgehead atoms. The molecular weight excluding hydrogens is 558 g/mol. The molecule has 214 valence electrons. The normalized spacial score (nSPS) is 10.6. The number of benzene rings is 4. The van der Waals surface area contributed by atoms with E-state index in [-0.39, 0.29) is 17.2 Å². The lowest BCUT2D eigenvalue weighted by Crippen LogP contribution is -2.18. The monoisotopic (exact) mass is 585 g/mol. The first-order chi connectivity index (χ1) is 20.4. The highest BCUT2D eigenvalue weighted by atomic mass is 35.5. The van der Waals surface area contributed by atoms with Crippen molar-refractivity contribution in [3.8, 4) is 17.2 Å². The van der Waals surface area contributed by atoms with E-state index in [0.717, 1.165) is 0 Å². The molecule has 0 aliphatic rings. The van der Waals surface area contributed by atoms with Crippen LogP contribution in [0, 0.1) is 0 Å². The molecule has 0 aromatic heterocycles. The van der Waals surface area contributed by atoms with Crippen molar-refractivity contribution in [3.05, 3.63) is 118 Å². The Morgan fingerprint density at radius 3 is 2.19 bits per heavy atom. The van der Waals surface area contributed by atoms with Crippen molar-refractivity contribution >= 4 is 41.3 Å². The highest BCUT2D eigenvalue weighted by Gasteiger charge is 2.14. The van der Waals surface area contributed by atoms with Crippen molar-refractivity contribution in [2.45, 2.75) is 13.8 Å². The number of carbonyl (C=O) groups is 3. The van der Waals surface area contributed by atoms with Crippen LogP contribution in [0.25, 0.3) is 0 Å². The number of hydrogen-bond acceptors (Lipinski definition) is 7. The topological polar surface area (TPSA) is 115 Å². The molecule has 0 fully saturated rings. The zero-order chi connectivity index (χ0) is 29.9. The molecule has 0 saturated carbocycles. The van der Waals surface area contributed by atoms with Gasteiger partial charge in [-0.15, -0.1) is 0 Å². The van der Waals surface area contributed by atoms with Crippen LogP contribution in [0.1, 0.15) is 50.5 Å². The SMILES string of the molecule is CCOc1ccc(C(=O)Nc2cccc(C(=O)NN=Cc3ccccc3OC(=O)c3ccc(Cl)cc3)c2)cc1OCC. The molecule has 4 aromatic carbocycles. The lowest BCUT2D eigenvalue weighted by molar-refractivity contribution is 0.0734. The van der Waals surface area contributed by atoms with Crippen molar-refractivity contribution in [2.24, 2.45) is 5.10 Å². The molecule has 0 aliphatic heterocycles. The maximum atomic E-state index is 12.9. The summed E-state index contributed by atoms with van der Waals surface area (Å²) in [5, 5.41) is 7.31. The van der Waals surface area contributed by atoms with E-state index in [2.05, 4.69) is 15.8 Å². The van der Waals surface area contributed by atoms with E-state index in [1.807, 2.05) is 13.8 Å². The maximum absolute atomic E-state index is 12.9. The van der Waals surface area contributed by atoms with Crippen LogP contribution in [-0.4, -0.2) is 37.2 Å². The Morgan fingerprint density at radius 2 is 1.43 bits per heavy atom. The molecule has 0 aliphatic carbocycles. The fourth-order valence-corrected chi connectivity index (χ4v) is 3.91. The minimum atomic E-state index is -0.560. The van der Waals surface area contributed by atoms with Gasteiger partial charge in [0.15, 0.2) is 11.5 Å². The van der Waals surface area contributed by atoms with Gasteiger partial charge < -0.3 is 19.5 Å². The fourth-order valence-electron chi connectivity index (χ4n) is 3.78. The van der Waals surface area contributed by atoms with Crippen LogP contribution in [0.15, 0.2) is 96.1 Å². The summed E-state index contributed by atoms with van der Waals surface area (Å²) in [4.78, 5) is 38.2. The molecule has 0 spiro atoms. The van der Waals surface area contributed by atoms with Gasteiger partial charge in [-0.2, -0.15) is 5.10 Å². The molecule has 2 amide bonds. The number of hydrazone groups is 1. The summed E-state index contributed by atoms with van der Waals surface area (Å²) in [5.74, 6) is -0.148. The predicted octanol–water partition coefficient (Wildman–Crippen LogP) is 6.37. The van der Waals surface area contributed by atoms with Crippen LogP contribution in [0.5, 0.6) is 17.2 Å². The van der Waals surface area contributed by atoms with Gasteiger partial charge in [0.2, 0.25) is 0 Å². The number of nitrogens with one attached hydrogen (secondary N) is 2. The molecule has 0 atom stereocenters. The summed E-state index contributed by atoms with van der Waals surface area (Å²) in [6.45, 7) is 4.60. The zero-order valence-corrected chi connectivity index (χ0v) is 23.7. The summed E-state index contributed by atoms with van der Waals surface area (Å²) >= 11 is 5.88. The highest BCUT2D eigenvalue weighted by molar-refractivity contribution is 6.30. The summed E-state index contributed by atoms with van der Waals surface area (Å²) in [7, 11) is 0. The largest absolute Gasteiger partial charge is 0.490 e. The van der Waals surface area contributed by atoms with Crippen LogP contribution in [0.3, 0.4) is 0 Å². The number of para-hydroxylation sites is 1. The van der Waals surface area contributed by atoms with Crippen LogP contribution >= 0.6 is 11.6 Å². The lowest BCUT2D eigenvalue weighted by atomic mass is 10.1. The number of ether oxygens (including phenoxy) is 3. The van der Waals surface area contributed by atoms with Gasteiger partial charge in [0, 0.05) is 27.4 Å². The average molecular weight is 586 g/mol. The zero-order valence-electron chi connectivity index (χ0n) is 22.9. The van der Waals surface area contributed by atoms with Crippen LogP contribution in [-0.2, 0) is 0 Å². The van der Waals surface area contributed by atoms with Crippen molar-refractivity contribution in [3.63, 3.8) is 0 Å². The Bertz CT molecular complexity index is 1600. The van der Waals surface area contributed by atoms with Gasteiger partial charge in [-0.1, -0.05) is 29.8 Å². The Kier molecular flexibility index (Phi) is 10.3. The Labute approximate surface area is 248 Å². The molecular formula is C32H28ClN3O6. The average Bonchev–Trinajstić information content (AvgIpc) is 2.99. The summed E-state index contributed by atoms with van der Waals surface area (Å²) in [6.07, 6.45) is 1.37. The Balaban J connectivity index is 1.40. The van der Waals surface area contributed by atoms with E-state index < -0.39 is 11.9 Å². The van der Waals surface area contributed by atoms with E-state index in [1.54, 1.807) is 84.9 Å². The van der Waals surface area contributed by atoms with Crippen molar-refractivity contribution in [1.82, 2.24) is 5.43 Å². The van der Waals surface area contributed by atoms with E-state index in [4.69, 9.17) is 25.8 Å². The standard InChI is InChI=1S/C32H28ClN3O6/c1-3-40-28-17-14-23(19-29(28)41-4-2)30(37)35-26-10-7-9-22(18-26)31(38)36-34-20-24-8-5-6-11-27(24)42-32(39)21-12-15-25(33)16-13-21/h5-20H,3-4H2,1-2H3,(H,35,37)(H,36,38). The third-order valence-corrected chi connectivity index (χ3v) is 6.01. The molecule has 4 aromatic rings. The molecule has 0 heterocycles. The third kappa shape index (κ3) is 7.96. The van der Waals surface area contributed by atoms with Gasteiger partial charge in [-0.25, -0.2) is 10.2 Å². The lowest BCUT2D eigenvalue weighted by Gasteiger charge is -2.12.